The maximum atomic E-state index is 12.4. The van der Waals surface area contributed by atoms with Gasteiger partial charge in [0.05, 0.1) is 6.54 Å². The number of nitrogens with one attached hydrogen (secondary N) is 1. The molecule has 5 amide bonds. The van der Waals surface area contributed by atoms with Gasteiger partial charge in [-0.15, -0.1) is 0 Å². The van der Waals surface area contributed by atoms with Crippen LogP contribution in [0.25, 0.3) is 0 Å². The first-order valence-corrected chi connectivity index (χ1v) is 8.37. The molecule has 2 aliphatic rings. The number of urea groups is 1. The molecular formula is C19H15N3O6. The van der Waals surface area contributed by atoms with Crippen molar-refractivity contribution in [3.63, 3.8) is 0 Å². The highest BCUT2D eigenvalue weighted by Gasteiger charge is 2.41. The third-order valence-electron chi connectivity index (χ3n) is 4.44. The molecule has 0 radical (unpaired) electrons. The zero-order chi connectivity index (χ0) is 19.8. The second-order valence-corrected chi connectivity index (χ2v) is 6.26. The monoisotopic (exact) mass is 381 g/mol. The summed E-state index contributed by atoms with van der Waals surface area (Å²) in [6, 6.07) is 10.8. The predicted octanol–water partition coefficient (Wildman–Crippen LogP) is 1.59. The van der Waals surface area contributed by atoms with Gasteiger partial charge in [-0.3, -0.25) is 24.2 Å². The lowest BCUT2D eigenvalue weighted by molar-refractivity contribution is -0.143. The van der Waals surface area contributed by atoms with Crippen molar-refractivity contribution in [3.8, 4) is 11.5 Å². The van der Waals surface area contributed by atoms with Gasteiger partial charge >= 0.3 is 17.8 Å². The van der Waals surface area contributed by atoms with E-state index in [1.165, 1.54) is 7.05 Å². The number of nitrogens with zero attached hydrogens (tertiary/aromatic N) is 2. The molecule has 0 aromatic heterocycles. The molecule has 1 saturated heterocycles. The Morgan fingerprint density at radius 1 is 1.00 bits per heavy atom. The van der Waals surface area contributed by atoms with E-state index in [0.29, 0.717) is 28.3 Å². The first kappa shape index (κ1) is 17.5. The maximum Gasteiger partial charge on any atom is 0.334 e. The second-order valence-electron chi connectivity index (χ2n) is 6.26. The highest BCUT2D eigenvalue weighted by atomic mass is 16.7. The molecule has 0 atom stereocenters. The number of carbonyl (C=O) groups is 4. The molecule has 1 N–H and O–H groups in total. The largest absolute Gasteiger partial charge is 0.454 e. The summed E-state index contributed by atoms with van der Waals surface area (Å²) in [5, 5.41) is 2.76. The zero-order valence-corrected chi connectivity index (χ0v) is 14.8. The van der Waals surface area contributed by atoms with Crippen molar-refractivity contribution in [1.29, 1.82) is 0 Å². The van der Waals surface area contributed by atoms with E-state index in [2.05, 4.69) is 5.32 Å². The van der Waals surface area contributed by atoms with Gasteiger partial charge in [0.15, 0.2) is 11.5 Å². The number of amides is 5. The van der Waals surface area contributed by atoms with Crippen LogP contribution in [-0.4, -0.2) is 47.4 Å². The summed E-state index contributed by atoms with van der Waals surface area (Å²) < 4.78 is 10.5. The molecule has 142 valence electrons. The first-order valence-electron chi connectivity index (χ1n) is 8.37. The fourth-order valence-corrected chi connectivity index (χ4v) is 2.87. The number of anilines is 1. The van der Waals surface area contributed by atoms with Crippen LogP contribution in [0, 0.1) is 0 Å². The van der Waals surface area contributed by atoms with E-state index in [4.69, 9.17) is 9.47 Å². The molecule has 2 aromatic carbocycles. The van der Waals surface area contributed by atoms with Gasteiger partial charge < -0.3 is 14.8 Å². The Labute approximate surface area is 159 Å². The highest BCUT2D eigenvalue weighted by Crippen LogP contribution is 2.34. The van der Waals surface area contributed by atoms with Gasteiger partial charge in [0.25, 0.3) is 5.91 Å². The minimum atomic E-state index is -0.864. The van der Waals surface area contributed by atoms with Gasteiger partial charge in [0.1, 0.15) is 0 Å². The normalized spacial score (nSPS) is 15.4. The second kappa shape index (κ2) is 6.69. The number of rotatable bonds is 4. The van der Waals surface area contributed by atoms with E-state index in [1.54, 1.807) is 42.5 Å². The molecule has 9 heteroatoms. The van der Waals surface area contributed by atoms with Crippen LogP contribution in [-0.2, 0) is 16.1 Å². The molecule has 2 aromatic rings. The molecule has 0 saturated carbocycles. The average molecular weight is 381 g/mol. The van der Waals surface area contributed by atoms with Crippen LogP contribution in [0.15, 0.2) is 42.5 Å². The standard InChI is InChI=1S/C19H15N3O6/c1-21-17(24)18(25)22(19(21)26)9-11-2-4-12(5-3-11)16(23)20-13-6-7-14-15(8-13)28-10-27-14/h2-8H,9-10H2,1H3,(H,20,23). The summed E-state index contributed by atoms with van der Waals surface area (Å²) in [4.78, 5) is 49.3. The molecule has 2 heterocycles. The molecule has 0 bridgehead atoms. The van der Waals surface area contributed by atoms with Crippen molar-refractivity contribution in [2.24, 2.45) is 0 Å². The lowest BCUT2D eigenvalue weighted by Crippen LogP contribution is -2.31. The topological polar surface area (TPSA) is 105 Å². The SMILES string of the molecule is CN1C(=O)C(=O)N(Cc2ccc(C(=O)Nc3ccc4c(c3)OCO4)cc2)C1=O. The lowest BCUT2D eigenvalue weighted by atomic mass is 10.1. The summed E-state index contributed by atoms with van der Waals surface area (Å²) in [5.41, 5.74) is 1.58. The van der Waals surface area contributed by atoms with Crippen molar-refractivity contribution in [3.05, 3.63) is 53.6 Å². The van der Waals surface area contributed by atoms with E-state index in [9.17, 15) is 19.2 Å². The third-order valence-corrected chi connectivity index (χ3v) is 4.44. The van der Waals surface area contributed by atoms with E-state index in [0.717, 1.165) is 9.80 Å². The molecule has 9 nitrogen and oxygen atoms in total. The van der Waals surface area contributed by atoms with Crippen LogP contribution < -0.4 is 14.8 Å². The minimum absolute atomic E-state index is 0.0438. The summed E-state index contributed by atoms with van der Waals surface area (Å²) in [6.45, 7) is 0.107. The Hall–Kier alpha value is -3.88. The molecule has 0 unspecified atom stereocenters. The van der Waals surface area contributed by atoms with Crippen molar-refractivity contribution >= 4 is 29.4 Å². The van der Waals surface area contributed by atoms with E-state index < -0.39 is 17.8 Å². The van der Waals surface area contributed by atoms with Crippen LogP contribution in [0.3, 0.4) is 0 Å². The number of imide groups is 2. The molecule has 0 aliphatic carbocycles. The Balaban J connectivity index is 1.43. The summed E-state index contributed by atoms with van der Waals surface area (Å²) in [6.07, 6.45) is 0. The number of likely N-dealkylation sites (N-methyl/N-ethyl adjacent to an activating group) is 1. The van der Waals surface area contributed by atoms with Gasteiger partial charge in [-0.05, 0) is 29.8 Å². The van der Waals surface area contributed by atoms with Crippen molar-refractivity contribution in [2.45, 2.75) is 6.54 Å². The number of fused-ring (bicyclic) bond motifs is 1. The fraction of sp³-hybridized carbons (Fsp3) is 0.158. The van der Waals surface area contributed by atoms with Crippen LogP contribution >= 0.6 is 0 Å². The van der Waals surface area contributed by atoms with Gasteiger partial charge in [-0.25, -0.2) is 4.79 Å². The van der Waals surface area contributed by atoms with Crippen LogP contribution in [0.1, 0.15) is 15.9 Å². The van der Waals surface area contributed by atoms with Crippen molar-refractivity contribution in [2.75, 3.05) is 19.2 Å². The van der Waals surface area contributed by atoms with E-state index in [1.807, 2.05) is 0 Å². The summed E-state index contributed by atoms with van der Waals surface area (Å²) in [5.74, 6) is -0.861. The Bertz CT molecular complexity index is 1000. The molecule has 4 rings (SSSR count). The summed E-state index contributed by atoms with van der Waals surface area (Å²) in [7, 11) is 1.26. The Kier molecular flexibility index (Phi) is 4.19. The lowest BCUT2D eigenvalue weighted by Gasteiger charge is -2.13. The van der Waals surface area contributed by atoms with Crippen LogP contribution in [0.5, 0.6) is 11.5 Å². The third kappa shape index (κ3) is 3.02. The quantitative estimate of drug-likeness (QED) is 0.637. The predicted molar refractivity (Wildman–Crippen MR) is 95.7 cm³/mol. The van der Waals surface area contributed by atoms with E-state index in [-0.39, 0.29) is 19.2 Å². The van der Waals surface area contributed by atoms with Crippen LogP contribution in [0.4, 0.5) is 10.5 Å². The van der Waals surface area contributed by atoms with Gasteiger partial charge in [-0.2, -0.15) is 0 Å². The first-order chi connectivity index (χ1) is 13.4. The molecule has 1 fully saturated rings. The van der Waals surface area contributed by atoms with Crippen LogP contribution in [0.2, 0.25) is 0 Å². The number of carbonyl (C=O) groups excluding carboxylic acids is 4. The number of hydrogen-bond acceptors (Lipinski definition) is 6. The molecule has 2 aliphatic heterocycles. The van der Waals surface area contributed by atoms with Crippen molar-refractivity contribution < 1.29 is 28.7 Å². The average Bonchev–Trinajstić information content (AvgIpc) is 3.24. The molecular weight excluding hydrogens is 366 g/mol. The maximum absolute atomic E-state index is 12.4. The minimum Gasteiger partial charge on any atom is -0.454 e. The van der Waals surface area contributed by atoms with E-state index >= 15 is 0 Å². The fourth-order valence-electron chi connectivity index (χ4n) is 2.87. The number of ether oxygens (including phenoxy) is 2. The van der Waals surface area contributed by atoms with Crippen molar-refractivity contribution in [1.82, 2.24) is 9.80 Å². The number of benzene rings is 2. The van der Waals surface area contributed by atoms with Gasteiger partial charge in [0.2, 0.25) is 6.79 Å². The van der Waals surface area contributed by atoms with Gasteiger partial charge in [-0.1, -0.05) is 12.1 Å². The number of hydrogen-bond donors (Lipinski definition) is 1. The zero-order valence-electron chi connectivity index (χ0n) is 14.8. The molecule has 28 heavy (non-hydrogen) atoms. The smallest absolute Gasteiger partial charge is 0.334 e. The highest BCUT2D eigenvalue weighted by molar-refractivity contribution is 6.44. The summed E-state index contributed by atoms with van der Waals surface area (Å²) >= 11 is 0. The Morgan fingerprint density at radius 3 is 2.39 bits per heavy atom. The Morgan fingerprint density at radius 2 is 1.71 bits per heavy atom. The van der Waals surface area contributed by atoms with Gasteiger partial charge in [0, 0.05) is 24.4 Å². The molecule has 0 spiro atoms.